The van der Waals surface area contributed by atoms with Gasteiger partial charge in [0.05, 0.1) is 23.8 Å². The number of benzene rings is 4. The lowest BCUT2D eigenvalue weighted by atomic mass is 10.2. The van der Waals surface area contributed by atoms with Gasteiger partial charge in [-0.05, 0) is 97.1 Å². The van der Waals surface area contributed by atoms with Gasteiger partial charge in [0.15, 0.2) is 0 Å². The van der Waals surface area contributed by atoms with Crippen molar-refractivity contribution in [3.05, 3.63) is 114 Å². The number of ether oxygens (including phenoxy) is 4. The standard InChI is InChI=1S/C28H21NO8/c1-33-21-8-2-18(3-9-21)26(30)35-23-14-16-24(17-15-23)36-27(31)19-4-10-22(11-5-19)34-28(32)20-6-12-25(37-29)13-7-20/h2-17H,29H2,1H3. The van der Waals surface area contributed by atoms with Crippen LogP contribution in [-0.4, -0.2) is 25.0 Å². The van der Waals surface area contributed by atoms with Crippen molar-refractivity contribution in [3.8, 4) is 28.7 Å². The van der Waals surface area contributed by atoms with Crippen LogP contribution < -0.4 is 29.7 Å². The molecule has 186 valence electrons. The van der Waals surface area contributed by atoms with Gasteiger partial charge >= 0.3 is 17.9 Å². The molecule has 0 amide bonds. The number of carbonyl (C=O) groups is 3. The molecule has 0 spiro atoms. The summed E-state index contributed by atoms with van der Waals surface area (Å²) < 4.78 is 21.1. The summed E-state index contributed by atoms with van der Waals surface area (Å²) in [6, 6.07) is 24.6. The quantitative estimate of drug-likeness (QED) is 0.210. The highest BCUT2D eigenvalue weighted by Gasteiger charge is 2.13. The third kappa shape index (κ3) is 6.50. The first-order valence-corrected chi connectivity index (χ1v) is 10.9. The Morgan fingerprint density at radius 1 is 0.459 bits per heavy atom. The van der Waals surface area contributed by atoms with Crippen LogP contribution in [0.2, 0.25) is 0 Å². The van der Waals surface area contributed by atoms with Gasteiger partial charge in [-0.2, -0.15) is 5.90 Å². The van der Waals surface area contributed by atoms with Crippen molar-refractivity contribution in [1.82, 2.24) is 0 Å². The molecule has 4 aromatic rings. The number of esters is 3. The van der Waals surface area contributed by atoms with Crippen molar-refractivity contribution >= 4 is 17.9 Å². The number of rotatable bonds is 8. The van der Waals surface area contributed by atoms with Gasteiger partial charge in [0, 0.05) is 0 Å². The molecule has 9 heteroatoms. The summed E-state index contributed by atoms with van der Waals surface area (Å²) in [7, 11) is 1.54. The third-order valence-electron chi connectivity index (χ3n) is 5.10. The molecule has 4 aromatic carbocycles. The Balaban J connectivity index is 1.31. The largest absolute Gasteiger partial charge is 0.497 e. The van der Waals surface area contributed by atoms with Crippen LogP contribution in [0, 0.1) is 0 Å². The SMILES string of the molecule is COc1ccc(C(=O)Oc2ccc(OC(=O)c3ccc(OC(=O)c4ccc(ON)cc4)cc3)cc2)cc1. The minimum Gasteiger partial charge on any atom is -0.497 e. The fourth-order valence-corrected chi connectivity index (χ4v) is 3.13. The van der Waals surface area contributed by atoms with E-state index >= 15 is 0 Å². The van der Waals surface area contributed by atoms with Crippen molar-refractivity contribution in [2.45, 2.75) is 0 Å². The summed E-state index contributed by atoms with van der Waals surface area (Å²) in [5, 5.41) is 0. The molecule has 0 saturated heterocycles. The van der Waals surface area contributed by atoms with Crippen LogP contribution in [0.3, 0.4) is 0 Å². The molecule has 0 aliphatic carbocycles. The number of methoxy groups -OCH3 is 1. The highest BCUT2D eigenvalue weighted by molar-refractivity contribution is 5.93. The lowest BCUT2D eigenvalue weighted by molar-refractivity contribution is 0.0718. The van der Waals surface area contributed by atoms with Crippen LogP contribution in [0.1, 0.15) is 31.1 Å². The van der Waals surface area contributed by atoms with Crippen molar-refractivity contribution < 1.29 is 38.2 Å². The summed E-state index contributed by atoms with van der Waals surface area (Å²) in [5.74, 6) is 5.18. The van der Waals surface area contributed by atoms with Crippen molar-refractivity contribution in [2.75, 3.05) is 7.11 Å². The van der Waals surface area contributed by atoms with Crippen LogP contribution in [0.25, 0.3) is 0 Å². The predicted molar refractivity (Wildman–Crippen MR) is 132 cm³/mol. The molecule has 4 rings (SSSR count). The smallest absolute Gasteiger partial charge is 0.343 e. The van der Waals surface area contributed by atoms with E-state index in [4.69, 9.17) is 24.8 Å². The van der Waals surface area contributed by atoms with Crippen LogP contribution >= 0.6 is 0 Å². The van der Waals surface area contributed by atoms with E-state index in [1.165, 1.54) is 79.9 Å². The first-order chi connectivity index (χ1) is 17.9. The maximum absolute atomic E-state index is 12.5. The minimum atomic E-state index is -0.613. The van der Waals surface area contributed by atoms with Crippen LogP contribution in [0.5, 0.6) is 28.7 Å². The fraction of sp³-hybridized carbons (Fsp3) is 0.0357. The van der Waals surface area contributed by atoms with Gasteiger partial charge in [0.25, 0.3) is 0 Å². The van der Waals surface area contributed by atoms with Crippen molar-refractivity contribution in [1.29, 1.82) is 0 Å². The molecule has 37 heavy (non-hydrogen) atoms. The van der Waals surface area contributed by atoms with E-state index in [-0.39, 0.29) is 22.8 Å². The lowest BCUT2D eigenvalue weighted by Gasteiger charge is -2.08. The maximum Gasteiger partial charge on any atom is 0.343 e. The first kappa shape index (κ1) is 25.0. The lowest BCUT2D eigenvalue weighted by Crippen LogP contribution is -2.11. The van der Waals surface area contributed by atoms with Crippen molar-refractivity contribution in [3.63, 3.8) is 0 Å². The summed E-state index contributed by atoms with van der Waals surface area (Å²) in [6.45, 7) is 0. The zero-order valence-electron chi connectivity index (χ0n) is 19.6. The molecule has 0 bridgehead atoms. The Morgan fingerprint density at radius 3 is 1.03 bits per heavy atom. The highest BCUT2D eigenvalue weighted by atomic mass is 16.6. The topological polar surface area (TPSA) is 123 Å². The molecule has 0 aromatic heterocycles. The second-order valence-corrected chi connectivity index (χ2v) is 7.54. The molecule has 0 aliphatic rings. The van der Waals surface area contributed by atoms with E-state index in [2.05, 4.69) is 4.84 Å². The van der Waals surface area contributed by atoms with E-state index in [9.17, 15) is 14.4 Å². The van der Waals surface area contributed by atoms with Gasteiger partial charge in [-0.25, -0.2) is 14.4 Å². The molecule has 2 N–H and O–H groups in total. The summed E-state index contributed by atoms with van der Waals surface area (Å²) in [6.07, 6.45) is 0. The normalized spacial score (nSPS) is 10.2. The fourth-order valence-electron chi connectivity index (χ4n) is 3.13. The molecular formula is C28H21NO8. The molecule has 0 unspecified atom stereocenters. The number of carbonyl (C=O) groups excluding carboxylic acids is 3. The maximum atomic E-state index is 12.5. The third-order valence-corrected chi connectivity index (χ3v) is 5.10. The number of nitrogens with two attached hydrogens (primary N) is 1. The van der Waals surface area contributed by atoms with E-state index in [0.717, 1.165) is 0 Å². The second kappa shape index (κ2) is 11.5. The zero-order valence-corrected chi connectivity index (χ0v) is 19.6. The van der Waals surface area contributed by atoms with Gasteiger partial charge in [-0.15, -0.1) is 0 Å². The van der Waals surface area contributed by atoms with E-state index < -0.39 is 17.9 Å². The van der Waals surface area contributed by atoms with E-state index in [1.54, 1.807) is 24.3 Å². The summed E-state index contributed by atoms with van der Waals surface area (Å²) >= 11 is 0. The molecular weight excluding hydrogens is 478 g/mol. The van der Waals surface area contributed by atoms with Gasteiger partial charge < -0.3 is 23.8 Å². The Morgan fingerprint density at radius 2 is 0.730 bits per heavy atom. The average molecular weight is 499 g/mol. The number of hydrogen-bond acceptors (Lipinski definition) is 9. The second-order valence-electron chi connectivity index (χ2n) is 7.54. The Hall–Kier alpha value is -5.15. The molecule has 9 nitrogen and oxygen atoms in total. The summed E-state index contributed by atoms with van der Waals surface area (Å²) in [5.41, 5.74) is 0.922. The van der Waals surface area contributed by atoms with Crippen LogP contribution in [0.15, 0.2) is 97.1 Å². The van der Waals surface area contributed by atoms with Crippen LogP contribution in [0.4, 0.5) is 0 Å². The predicted octanol–water partition coefficient (Wildman–Crippen LogP) is 4.61. The minimum absolute atomic E-state index is 0.249. The highest BCUT2D eigenvalue weighted by Crippen LogP contribution is 2.22. The zero-order chi connectivity index (χ0) is 26.2. The van der Waals surface area contributed by atoms with Gasteiger partial charge in [0.1, 0.15) is 28.7 Å². The summed E-state index contributed by atoms with van der Waals surface area (Å²) in [4.78, 5) is 41.6. The Kier molecular flexibility index (Phi) is 7.77. The van der Waals surface area contributed by atoms with E-state index in [1.807, 2.05) is 0 Å². The molecule has 0 saturated carbocycles. The number of hydrogen-bond donors (Lipinski definition) is 1. The molecule has 0 radical (unpaired) electrons. The Bertz CT molecular complexity index is 1380. The van der Waals surface area contributed by atoms with Gasteiger partial charge in [-0.3, -0.25) is 0 Å². The molecule has 0 aliphatic heterocycles. The first-order valence-electron chi connectivity index (χ1n) is 10.9. The van der Waals surface area contributed by atoms with Gasteiger partial charge in [0.2, 0.25) is 0 Å². The molecule has 0 atom stereocenters. The van der Waals surface area contributed by atoms with Crippen molar-refractivity contribution in [2.24, 2.45) is 5.90 Å². The monoisotopic (exact) mass is 499 g/mol. The molecule has 0 heterocycles. The van der Waals surface area contributed by atoms with Crippen LogP contribution in [-0.2, 0) is 0 Å². The van der Waals surface area contributed by atoms with E-state index in [0.29, 0.717) is 22.6 Å². The average Bonchev–Trinajstić information content (AvgIpc) is 2.94. The molecule has 0 fully saturated rings. The Labute approximate surface area is 211 Å². The van der Waals surface area contributed by atoms with Gasteiger partial charge in [-0.1, -0.05) is 0 Å².